The summed E-state index contributed by atoms with van der Waals surface area (Å²) < 4.78 is 1.93. The van der Waals surface area contributed by atoms with Gasteiger partial charge in [0.25, 0.3) is 5.91 Å². The monoisotopic (exact) mass is 367 g/mol. The summed E-state index contributed by atoms with van der Waals surface area (Å²) in [6, 6.07) is 4.24. The Morgan fingerprint density at radius 1 is 1.19 bits per heavy atom. The molecular weight excluding hydrogens is 338 g/mol. The molecule has 0 aromatic carbocycles. The maximum absolute atomic E-state index is 12.6. The molecule has 2 fully saturated rings. The molecule has 0 bridgehead atoms. The van der Waals surface area contributed by atoms with Gasteiger partial charge in [0, 0.05) is 31.7 Å². The van der Waals surface area contributed by atoms with E-state index in [1.54, 1.807) is 12.4 Å². The van der Waals surface area contributed by atoms with Gasteiger partial charge in [-0.2, -0.15) is 5.10 Å². The highest BCUT2D eigenvalue weighted by Crippen LogP contribution is 2.26. The Labute approximate surface area is 161 Å². The Kier molecular flexibility index (Phi) is 5.82. The van der Waals surface area contributed by atoms with Crippen LogP contribution in [-0.4, -0.2) is 45.2 Å². The minimum Gasteiger partial charge on any atom is -0.350 e. The first-order valence-corrected chi connectivity index (χ1v) is 10.2. The molecule has 2 aliphatic rings. The van der Waals surface area contributed by atoms with Crippen molar-refractivity contribution in [3.8, 4) is 0 Å². The van der Waals surface area contributed by atoms with Crippen molar-refractivity contribution in [1.29, 1.82) is 0 Å². The molecule has 1 unspecified atom stereocenters. The summed E-state index contributed by atoms with van der Waals surface area (Å²) in [6.45, 7) is 3.68. The van der Waals surface area contributed by atoms with Gasteiger partial charge in [0.15, 0.2) is 0 Å². The Morgan fingerprint density at radius 2 is 2.00 bits per heavy atom. The van der Waals surface area contributed by atoms with Gasteiger partial charge in [-0.05, 0) is 56.3 Å². The standard InChI is InChI=1S/C21H29N5O/c27-21(19-13-24-26(16-19)15-17-6-1-2-7-17)23-14-20(25-10-3-4-11-25)18-8-5-9-22-12-18/h5,8-9,12-13,16-17,20H,1-4,6-7,10-11,14-15H2,(H,23,27). The molecule has 3 heterocycles. The number of hydrogen-bond donors (Lipinski definition) is 1. The minimum atomic E-state index is -0.0410. The highest BCUT2D eigenvalue weighted by Gasteiger charge is 2.24. The molecule has 6 heteroatoms. The maximum Gasteiger partial charge on any atom is 0.254 e. The second kappa shape index (κ2) is 8.65. The zero-order valence-electron chi connectivity index (χ0n) is 15.9. The van der Waals surface area contributed by atoms with Gasteiger partial charge in [0.05, 0.1) is 17.8 Å². The first kappa shape index (κ1) is 18.2. The molecule has 1 atom stereocenters. The highest BCUT2D eigenvalue weighted by molar-refractivity contribution is 5.93. The van der Waals surface area contributed by atoms with Crippen molar-refractivity contribution in [1.82, 2.24) is 25.0 Å². The van der Waals surface area contributed by atoms with Crippen LogP contribution in [0.25, 0.3) is 0 Å². The summed E-state index contributed by atoms with van der Waals surface area (Å²) in [4.78, 5) is 19.4. The molecule has 1 saturated heterocycles. The number of likely N-dealkylation sites (tertiary alicyclic amines) is 1. The maximum atomic E-state index is 12.6. The molecule has 4 rings (SSSR count). The van der Waals surface area contributed by atoms with Gasteiger partial charge in [-0.3, -0.25) is 19.4 Å². The van der Waals surface area contributed by atoms with E-state index in [1.807, 2.05) is 23.1 Å². The van der Waals surface area contributed by atoms with E-state index in [0.29, 0.717) is 18.0 Å². The molecule has 1 aliphatic heterocycles. The largest absolute Gasteiger partial charge is 0.350 e. The number of hydrogen-bond acceptors (Lipinski definition) is 4. The lowest BCUT2D eigenvalue weighted by molar-refractivity contribution is 0.0937. The number of rotatable bonds is 7. The second-order valence-corrected chi connectivity index (χ2v) is 7.86. The molecule has 0 spiro atoms. The van der Waals surface area contributed by atoms with Crippen LogP contribution in [0.4, 0.5) is 0 Å². The third kappa shape index (κ3) is 4.56. The number of aromatic nitrogens is 3. The Bertz CT molecular complexity index is 732. The summed E-state index contributed by atoms with van der Waals surface area (Å²) in [5.41, 5.74) is 1.82. The Balaban J connectivity index is 1.37. The average Bonchev–Trinajstić information content (AvgIpc) is 3.46. The van der Waals surface area contributed by atoms with E-state index in [9.17, 15) is 4.79 Å². The van der Waals surface area contributed by atoms with E-state index >= 15 is 0 Å². The van der Waals surface area contributed by atoms with E-state index < -0.39 is 0 Å². The summed E-state index contributed by atoms with van der Waals surface area (Å²) in [5.74, 6) is 0.673. The van der Waals surface area contributed by atoms with Crippen LogP contribution >= 0.6 is 0 Å². The van der Waals surface area contributed by atoms with Crippen LogP contribution < -0.4 is 5.32 Å². The molecule has 6 nitrogen and oxygen atoms in total. The van der Waals surface area contributed by atoms with E-state index in [0.717, 1.165) is 25.2 Å². The van der Waals surface area contributed by atoms with Crippen LogP contribution in [0.5, 0.6) is 0 Å². The van der Waals surface area contributed by atoms with Crippen molar-refractivity contribution in [2.45, 2.75) is 51.1 Å². The topological polar surface area (TPSA) is 63.1 Å². The zero-order chi connectivity index (χ0) is 18.5. The first-order valence-electron chi connectivity index (χ1n) is 10.2. The van der Waals surface area contributed by atoms with Gasteiger partial charge in [0.2, 0.25) is 0 Å². The van der Waals surface area contributed by atoms with Crippen molar-refractivity contribution in [2.24, 2.45) is 5.92 Å². The van der Waals surface area contributed by atoms with Gasteiger partial charge in [-0.1, -0.05) is 18.9 Å². The van der Waals surface area contributed by atoms with Crippen molar-refractivity contribution >= 4 is 5.91 Å². The number of nitrogens with one attached hydrogen (secondary N) is 1. The number of nitrogens with zero attached hydrogens (tertiary/aromatic N) is 4. The van der Waals surface area contributed by atoms with Crippen LogP contribution in [-0.2, 0) is 6.54 Å². The minimum absolute atomic E-state index is 0.0410. The molecule has 0 radical (unpaired) electrons. The smallest absolute Gasteiger partial charge is 0.254 e. The fourth-order valence-corrected chi connectivity index (χ4v) is 4.41. The highest BCUT2D eigenvalue weighted by atomic mass is 16.1. The Morgan fingerprint density at radius 3 is 2.74 bits per heavy atom. The molecule has 1 saturated carbocycles. The molecule has 2 aromatic heterocycles. The molecule has 2 aromatic rings. The average molecular weight is 367 g/mol. The van der Waals surface area contributed by atoms with Crippen molar-refractivity contribution < 1.29 is 4.79 Å². The Hall–Kier alpha value is -2.21. The summed E-state index contributed by atoms with van der Waals surface area (Å²) in [7, 11) is 0. The number of carbonyl (C=O) groups is 1. The number of pyridine rings is 1. The van der Waals surface area contributed by atoms with Gasteiger partial charge in [-0.15, -0.1) is 0 Å². The molecule has 1 amide bonds. The molecule has 144 valence electrons. The molecule has 27 heavy (non-hydrogen) atoms. The zero-order valence-corrected chi connectivity index (χ0v) is 15.9. The fourth-order valence-electron chi connectivity index (χ4n) is 4.41. The van der Waals surface area contributed by atoms with Crippen LogP contribution in [0, 0.1) is 5.92 Å². The van der Waals surface area contributed by atoms with Crippen LogP contribution in [0.3, 0.4) is 0 Å². The van der Waals surface area contributed by atoms with Gasteiger partial charge >= 0.3 is 0 Å². The van der Waals surface area contributed by atoms with Gasteiger partial charge in [0.1, 0.15) is 0 Å². The van der Waals surface area contributed by atoms with Crippen LogP contribution in [0.1, 0.15) is 60.5 Å². The first-order chi connectivity index (χ1) is 13.3. The lowest BCUT2D eigenvalue weighted by Gasteiger charge is -2.27. The van der Waals surface area contributed by atoms with Crippen LogP contribution in [0.2, 0.25) is 0 Å². The van der Waals surface area contributed by atoms with E-state index in [1.165, 1.54) is 38.5 Å². The summed E-state index contributed by atoms with van der Waals surface area (Å²) in [6.07, 6.45) is 14.9. The summed E-state index contributed by atoms with van der Waals surface area (Å²) in [5, 5.41) is 7.52. The quantitative estimate of drug-likeness (QED) is 0.817. The van der Waals surface area contributed by atoms with E-state index in [4.69, 9.17) is 0 Å². The summed E-state index contributed by atoms with van der Waals surface area (Å²) >= 11 is 0. The third-order valence-electron chi connectivity index (χ3n) is 5.92. The van der Waals surface area contributed by atoms with Crippen molar-refractivity contribution in [2.75, 3.05) is 19.6 Å². The SMILES string of the molecule is O=C(NCC(c1cccnc1)N1CCCC1)c1cnn(CC2CCCC2)c1. The van der Waals surface area contributed by atoms with E-state index in [2.05, 4.69) is 26.4 Å². The molecule has 1 aliphatic carbocycles. The molecular formula is C21H29N5O. The second-order valence-electron chi connectivity index (χ2n) is 7.86. The molecule has 1 N–H and O–H groups in total. The number of amides is 1. The normalized spacial score (nSPS) is 19.4. The van der Waals surface area contributed by atoms with Crippen LogP contribution in [0.15, 0.2) is 36.9 Å². The lowest BCUT2D eigenvalue weighted by atomic mass is 10.1. The van der Waals surface area contributed by atoms with Gasteiger partial charge < -0.3 is 5.32 Å². The lowest BCUT2D eigenvalue weighted by Crippen LogP contribution is -2.36. The fraction of sp³-hybridized carbons (Fsp3) is 0.571. The van der Waals surface area contributed by atoms with Crippen molar-refractivity contribution in [3.63, 3.8) is 0 Å². The predicted octanol–water partition coefficient (Wildman–Crippen LogP) is 3.04. The van der Waals surface area contributed by atoms with Gasteiger partial charge in [-0.25, -0.2) is 0 Å². The van der Waals surface area contributed by atoms with Crippen molar-refractivity contribution in [3.05, 3.63) is 48.0 Å². The van der Waals surface area contributed by atoms with E-state index in [-0.39, 0.29) is 11.9 Å². The predicted molar refractivity (Wildman–Crippen MR) is 104 cm³/mol. The third-order valence-corrected chi connectivity index (χ3v) is 5.92. The number of carbonyl (C=O) groups excluding carboxylic acids is 1.